The van der Waals surface area contributed by atoms with Crippen LogP contribution in [0.25, 0.3) is 0 Å². The molecule has 0 bridgehead atoms. The van der Waals surface area contributed by atoms with Gasteiger partial charge in [-0.1, -0.05) is 18.2 Å². The second-order valence-corrected chi connectivity index (χ2v) is 5.49. The zero-order chi connectivity index (χ0) is 14.9. The van der Waals surface area contributed by atoms with Gasteiger partial charge in [0.1, 0.15) is 11.4 Å². The number of nitrogens with zero attached hydrogens (tertiary/aromatic N) is 1. The molecule has 1 heterocycles. The van der Waals surface area contributed by atoms with Crippen LogP contribution in [-0.4, -0.2) is 42.3 Å². The Morgan fingerprint density at radius 2 is 2.20 bits per heavy atom. The van der Waals surface area contributed by atoms with E-state index in [1.165, 1.54) is 13.2 Å². The van der Waals surface area contributed by atoms with E-state index in [0.29, 0.717) is 12.0 Å². The van der Waals surface area contributed by atoms with Crippen molar-refractivity contribution in [3.8, 4) is 0 Å². The molecule has 3 atom stereocenters. The lowest BCUT2D eigenvalue weighted by molar-refractivity contribution is -0.152. The van der Waals surface area contributed by atoms with Gasteiger partial charge in [-0.3, -0.25) is 9.69 Å². The summed E-state index contributed by atoms with van der Waals surface area (Å²) >= 11 is 0. The van der Waals surface area contributed by atoms with Crippen molar-refractivity contribution in [1.82, 2.24) is 4.90 Å². The molecule has 0 spiro atoms. The summed E-state index contributed by atoms with van der Waals surface area (Å²) < 4.78 is 18.9. The molecular formula is C15H20FNO3. The summed E-state index contributed by atoms with van der Waals surface area (Å²) in [5.41, 5.74) is -0.351. The summed E-state index contributed by atoms with van der Waals surface area (Å²) in [7, 11) is 3.11. The van der Waals surface area contributed by atoms with Crippen LogP contribution in [0.1, 0.15) is 24.9 Å². The van der Waals surface area contributed by atoms with Gasteiger partial charge in [0.25, 0.3) is 0 Å². The van der Waals surface area contributed by atoms with E-state index in [1.54, 1.807) is 37.1 Å². The normalized spacial score (nSPS) is 30.4. The average molecular weight is 281 g/mol. The molecule has 1 fully saturated rings. The van der Waals surface area contributed by atoms with Crippen molar-refractivity contribution < 1.29 is 19.0 Å². The van der Waals surface area contributed by atoms with Gasteiger partial charge < -0.3 is 9.84 Å². The first-order valence-corrected chi connectivity index (χ1v) is 6.62. The minimum atomic E-state index is -0.852. The molecule has 4 nitrogen and oxygen atoms in total. The van der Waals surface area contributed by atoms with Crippen molar-refractivity contribution in [1.29, 1.82) is 0 Å². The van der Waals surface area contributed by atoms with Crippen LogP contribution in [0.5, 0.6) is 0 Å². The van der Waals surface area contributed by atoms with Crippen molar-refractivity contribution in [2.75, 3.05) is 20.8 Å². The number of benzene rings is 1. The number of aliphatic hydroxyl groups excluding tert-OH is 1. The molecule has 1 aromatic carbocycles. The molecule has 5 heteroatoms. The summed E-state index contributed by atoms with van der Waals surface area (Å²) in [4.78, 5) is 13.8. The van der Waals surface area contributed by atoms with E-state index < -0.39 is 5.54 Å². The Labute approximate surface area is 118 Å². The zero-order valence-corrected chi connectivity index (χ0v) is 12.0. The maximum Gasteiger partial charge on any atom is 0.326 e. The third-order valence-corrected chi connectivity index (χ3v) is 4.39. The van der Waals surface area contributed by atoms with E-state index in [-0.39, 0.29) is 30.4 Å². The number of likely N-dealkylation sites (tertiary alicyclic amines) is 1. The molecule has 0 unspecified atom stereocenters. The maximum atomic E-state index is 14.0. The van der Waals surface area contributed by atoms with Gasteiger partial charge in [-0.05, 0) is 26.5 Å². The molecule has 1 aromatic rings. The Morgan fingerprint density at radius 3 is 2.75 bits per heavy atom. The van der Waals surface area contributed by atoms with E-state index >= 15 is 0 Å². The van der Waals surface area contributed by atoms with Gasteiger partial charge in [0.15, 0.2) is 0 Å². The third kappa shape index (κ3) is 2.21. The van der Waals surface area contributed by atoms with Crippen molar-refractivity contribution in [2.45, 2.75) is 24.9 Å². The molecule has 20 heavy (non-hydrogen) atoms. The summed E-state index contributed by atoms with van der Waals surface area (Å²) in [5.74, 6) is -0.893. The van der Waals surface area contributed by atoms with E-state index in [4.69, 9.17) is 4.74 Å². The fraction of sp³-hybridized carbons (Fsp3) is 0.533. The number of ether oxygens (including phenoxy) is 1. The number of halogens is 1. The summed E-state index contributed by atoms with van der Waals surface area (Å²) in [6.45, 7) is 1.66. The fourth-order valence-corrected chi connectivity index (χ4v) is 3.18. The molecule has 0 amide bonds. The lowest BCUT2D eigenvalue weighted by atomic mass is 9.90. The number of aliphatic hydroxyl groups is 1. The molecule has 2 rings (SSSR count). The van der Waals surface area contributed by atoms with Crippen LogP contribution in [0.15, 0.2) is 24.3 Å². The first-order chi connectivity index (χ1) is 9.45. The van der Waals surface area contributed by atoms with Gasteiger partial charge in [-0.2, -0.15) is 0 Å². The number of hydrogen-bond donors (Lipinski definition) is 1. The quantitative estimate of drug-likeness (QED) is 0.858. The predicted molar refractivity (Wildman–Crippen MR) is 72.5 cm³/mol. The Morgan fingerprint density at radius 1 is 1.55 bits per heavy atom. The summed E-state index contributed by atoms with van der Waals surface area (Å²) in [5, 5.41) is 9.59. The third-order valence-electron chi connectivity index (χ3n) is 4.39. The SMILES string of the molecule is COC(=O)[C@@]1(C)C[C@H](CO)[C@@H](c2ccccc2F)N1C. The van der Waals surface area contributed by atoms with Gasteiger partial charge in [-0.15, -0.1) is 0 Å². The highest BCUT2D eigenvalue weighted by Gasteiger charge is 2.52. The van der Waals surface area contributed by atoms with Gasteiger partial charge in [-0.25, -0.2) is 4.39 Å². The molecule has 1 N–H and O–H groups in total. The molecule has 0 saturated carbocycles. The van der Waals surface area contributed by atoms with Crippen molar-refractivity contribution in [3.05, 3.63) is 35.6 Å². The second-order valence-electron chi connectivity index (χ2n) is 5.49. The smallest absolute Gasteiger partial charge is 0.326 e. The lowest BCUT2D eigenvalue weighted by Crippen LogP contribution is -2.47. The molecule has 0 aromatic heterocycles. The number of rotatable bonds is 3. The van der Waals surface area contributed by atoms with E-state index in [2.05, 4.69) is 0 Å². The van der Waals surface area contributed by atoms with Gasteiger partial charge in [0, 0.05) is 24.1 Å². The maximum absolute atomic E-state index is 14.0. The number of esters is 1. The van der Waals surface area contributed by atoms with Crippen LogP contribution in [-0.2, 0) is 9.53 Å². The Bertz CT molecular complexity index is 508. The van der Waals surface area contributed by atoms with Gasteiger partial charge >= 0.3 is 5.97 Å². The standard InChI is InChI=1S/C15H20FNO3/c1-15(14(19)20-3)8-10(9-18)13(17(15)2)11-6-4-5-7-12(11)16/h4-7,10,13,18H,8-9H2,1-3H3/t10-,13+,15-/m1/s1. The van der Waals surface area contributed by atoms with Crippen LogP contribution in [0.2, 0.25) is 0 Å². The monoisotopic (exact) mass is 281 g/mol. The van der Waals surface area contributed by atoms with Crippen LogP contribution in [0.3, 0.4) is 0 Å². The molecule has 110 valence electrons. The van der Waals surface area contributed by atoms with Crippen molar-refractivity contribution in [3.63, 3.8) is 0 Å². The van der Waals surface area contributed by atoms with E-state index in [9.17, 15) is 14.3 Å². The van der Waals surface area contributed by atoms with Crippen LogP contribution in [0.4, 0.5) is 4.39 Å². The average Bonchev–Trinajstić information content (AvgIpc) is 2.72. The highest BCUT2D eigenvalue weighted by Crippen LogP contribution is 2.46. The number of methoxy groups -OCH3 is 1. The summed E-state index contributed by atoms with van der Waals surface area (Å²) in [6, 6.07) is 6.13. The lowest BCUT2D eigenvalue weighted by Gasteiger charge is -2.33. The van der Waals surface area contributed by atoms with Crippen LogP contribution < -0.4 is 0 Å². The number of likely N-dealkylation sites (N-methyl/N-ethyl adjacent to an activating group) is 1. The summed E-state index contributed by atoms with van der Waals surface area (Å²) in [6.07, 6.45) is 0.436. The molecule has 1 saturated heterocycles. The van der Waals surface area contributed by atoms with Gasteiger partial charge in [0.2, 0.25) is 0 Å². The zero-order valence-electron chi connectivity index (χ0n) is 12.0. The van der Waals surface area contributed by atoms with Gasteiger partial charge in [0.05, 0.1) is 7.11 Å². The minimum Gasteiger partial charge on any atom is -0.468 e. The number of carbonyl (C=O) groups excluding carboxylic acids is 1. The molecule has 1 aliphatic heterocycles. The van der Waals surface area contributed by atoms with E-state index in [0.717, 1.165) is 0 Å². The first-order valence-electron chi connectivity index (χ1n) is 6.62. The Hall–Kier alpha value is -1.46. The molecule has 0 aliphatic carbocycles. The Kier molecular flexibility index (Phi) is 4.11. The second kappa shape index (κ2) is 5.50. The van der Waals surface area contributed by atoms with E-state index in [1.807, 2.05) is 0 Å². The first kappa shape index (κ1) is 14.9. The largest absolute Gasteiger partial charge is 0.468 e. The molecule has 0 radical (unpaired) electrons. The fourth-order valence-electron chi connectivity index (χ4n) is 3.18. The minimum absolute atomic E-state index is 0.101. The highest BCUT2D eigenvalue weighted by atomic mass is 19.1. The highest BCUT2D eigenvalue weighted by molar-refractivity contribution is 5.80. The Balaban J connectivity index is 2.43. The number of hydrogen-bond acceptors (Lipinski definition) is 4. The number of carbonyl (C=O) groups is 1. The topological polar surface area (TPSA) is 49.8 Å². The van der Waals surface area contributed by atoms with Crippen LogP contribution >= 0.6 is 0 Å². The predicted octanol–water partition coefficient (Wildman–Crippen LogP) is 1.74. The van der Waals surface area contributed by atoms with Crippen molar-refractivity contribution >= 4 is 5.97 Å². The van der Waals surface area contributed by atoms with Crippen molar-refractivity contribution in [2.24, 2.45) is 5.92 Å². The van der Waals surface area contributed by atoms with Crippen LogP contribution in [0, 0.1) is 11.7 Å². The molecular weight excluding hydrogens is 261 g/mol. The molecule has 1 aliphatic rings.